The smallest absolute Gasteiger partial charge is 0.293 e. The summed E-state index contributed by atoms with van der Waals surface area (Å²) in [6.07, 6.45) is 7.86. The molecule has 4 heteroatoms. The molecule has 1 aliphatic carbocycles. The Labute approximate surface area is 172 Å². The first-order valence-electron chi connectivity index (χ1n) is 10.2. The number of rotatable bonds is 7. The number of hydrogen-bond donors (Lipinski definition) is 0. The summed E-state index contributed by atoms with van der Waals surface area (Å²) in [5.74, 6) is 0.669. The summed E-state index contributed by atoms with van der Waals surface area (Å²) in [5, 5.41) is 0. The average molecular weight is 393 g/mol. The van der Waals surface area contributed by atoms with Gasteiger partial charge in [0.15, 0.2) is 5.78 Å². The van der Waals surface area contributed by atoms with E-state index in [0.717, 1.165) is 6.61 Å². The Morgan fingerprint density at radius 2 is 1.71 bits per heavy atom. The highest BCUT2D eigenvalue weighted by Crippen LogP contribution is 2.23. The van der Waals surface area contributed by atoms with Crippen LogP contribution in [0, 0.1) is 33.6 Å². The van der Waals surface area contributed by atoms with Gasteiger partial charge in [-0.3, -0.25) is 9.59 Å². The molecular formula is C24H40O4. The lowest BCUT2D eigenvalue weighted by Gasteiger charge is -2.20. The second-order valence-corrected chi connectivity index (χ2v) is 7.26. The molecule has 0 bridgehead atoms. The summed E-state index contributed by atoms with van der Waals surface area (Å²) in [6, 6.07) is 4.45. The number of carbonyl (C=O) groups excluding carboxylic acids is 2. The van der Waals surface area contributed by atoms with Crippen LogP contribution in [0.25, 0.3) is 0 Å². The summed E-state index contributed by atoms with van der Waals surface area (Å²) in [7, 11) is 0. The van der Waals surface area contributed by atoms with Gasteiger partial charge in [0.25, 0.3) is 6.47 Å². The summed E-state index contributed by atoms with van der Waals surface area (Å²) >= 11 is 0. The van der Waals surface area contributed by atoms with Crippen LogP contribution in [0.3, 0.4) is 0 Å². The van der Waals surface area contributed by atoms with E-state index in [9.17, 15) is 9.59 Å². The predicted molar refractivity (Wildman–Crippen MR) is 118 cm³/mol. The Kier molecular flexibility index (Phi) is 14.9. The zero-order valence-electron chi connectivity index (χ0n) is 18.4. The van der Waals surface area contributed by atoms with Gasteiger partial charge in [-0.1, -0.05) is 43.5 Å². The molecule has 160 valence electrons. The van der Waals surface area contributed by atoms with Crippen molar-refractivity contribution in [2.45, 2.75) is 66.7 Å². The molecule has 0 saturated heterocycles. The fourth-order valence-corrected chi connectivity index (χ4v) is 3.06. The Hall–Kier alpha value is -1.94. The van der Waals surface area contributed by atoms with Crippen LogP contribution in [0.2, 0.25) is 0 Å². The van der Waals surface area contributed by atoms with E-state index in [1.165, 1.54) is 60.4 Å². The van der Waals surface area contributed by atoms with Gasteiger partial charge in [0.05, 0.1) is 13.2 Å². The van der Waals surface area contributed by atoms with Crippen LogP contribution in [0.4, 0.5) is 0 Å². The van der Waals surface area contributed by atoms with Gasteiger partial charge < -0.3 is 9.47 Å². The Bertz CT molecular complexity index is 570. The molecule has 4 nitrogen and oxygen atoms in total. The molecule has 1 aromatic carbocycles. The summed E-state index contributed by atoms with van der Waals surface area (Å²) < 4.78 is 9.46. The lowest BCUT2D eigenvalue weighted by atomic mass is 9.90. The van der Waals surface area contributed by atoms with Crippen molar-refractivity contribution in [3.8, 4) is 0 Å². The molecule has 0 radical (unpaired) electrons. The minimum Gasteiger partial charge on any atom is -0.468 e. The van der Waals surface area contributed by atoms with Gasteiger partial charge in [-0.15, -0.1) is 0 Å². The van der Waals surface area contributed by atoms with Crippen LogP contribution in [-0.2, 0) is 19.1 Å². The highest BCUT2D eigenvalue weighted by atomic mass is 16.5. The van der Waals surface area contributed by atoms with Gasteiger partial charge >= 0.3 is 0 Å². The molecule has 0 atom stereocenters. The van der Waals surface area contributed by atoms with E-state index in [1.807, 2.05) is 0 Å². The van der Waals surface area contributed by atoms with Crippen LogP contribution in [0.5, 0.6) is 0 Å². The van der Waals surface area contributed by atoms with Gasteiger partial charge in [-0.05, 0) is 76.1 Å². The van der Waals surface area contributed by atoms with E-state index in [4.69, 9.17) is 4.74 Å². The van der Waals surface area contributed by atoms with Crippen molar-refractivity contribution in [2.24, 2.45) is 5.92 Å². The van der Waals surface area contributed by atoms with Gasteiger partial charge in [0.2, 0.25) is 0 Å². The van der Waals surface area contributed by atoms with Gasteiger partial charge in [0.1, 0.15) is 6.61 Å². The Balaban J connectivity index is 0. The first-order valence-corrected chi connectivity index (χ1v) is 10.2. The van der Waals surface area contributed by atoms with E-state index in [1.54, 1.807) is 6.92 Å². The molecule has 0 heterocycles. The largest absolute Gasteiger partial charge is 0.468 e. The Morgan fingerprint density at radius 1 is 1.14 bits per heavy atom. The maximum Gasteiger partial charge on any atom is 0.293 e. The van der Waals surface area contributed by atoms with Crippen molar-refractivity contribution in [2.75, 3.05) is 19.8 Å². The highest BCUT2D eigenvalue weighted by Gasteiger charge is 2.13. The van der Waals surface area contributed by atoms with Crippen molar-refractivity contribution < 1.29 is 20.5 Å². The van der Waals surface area contributed by atoms with Crippen molar-refractivity contribution in [3.05, 3.63) is 47.0 Å². The van der Waals surface area contributed by atoms with Gasteiger partial charge in [0, 0.05) is 1.43 Å². The number of ether oxygens (including phenoxy) is 2. The monoisotopic (exact) mass is 392 g/mol. The molecule has 1 fully saturated rings. The van der Waals surface area contributed by atoms with Crippen LogP contribution in [-0.4, -0.2) is 32.1 Å². The van der Waals surface area contributed by atoms with E-state index in [0.29, 0.717) is 19.0 Å². The molecule has 0 aromatic heterocycles. The third-order valence-electron chi connectivity index (χ3n) is 4.86. The first kappa shape index (κ1) is 26.1. The summed E-state index contributed by atoms with van der Waals surface area (Å²) in [4.78, 5) is 20.0. The third kappa shape index (κ3) is 12.4. The van der Waals surface area contributed by atoms with Gasteiger partial charge in [-0.2, -0.15) is 0 Å². The highest BCUT2D eigenvalue weighted by molar-refractivity contribution is 5.90. The topological polar surface area (TPSA) is 52.6 Å². The van der Waals surface area contributed by atoms with Gasteiger partial charge in [-0.25, -0.2) is 0 Å². The molecule has 0 spiro atoms. The van der Waals surface area contributed by atoms with Crippen LogP contribution in [0.15, 0.2) is 24.8 Å². The number of aryl methyl sites for hydroxylation is 3. The van der Waals surface area contributed by atoms with Crippen molar-refractivity contribution in [1.82, 2.24) is 0 Å². The molecule has 1 aromatic rings. The molecule has 0 amide bonds. The maximum atomic E-state index is 10.8. The molecule has 1 aliphatic rings. The van der Waals surface area contributed by atoms with E-state index >= 15 is 0 Å². The third-order valence-corrected chi connectivity index (χ3v) is 4.86. The maximum absolute atomic E-state index is 10.8. The van der Waals surface area contributed by atoms with Crippen LogP contribution >= 0.6 is 0 Å². The normalized spacial score (nSPS) is 13.3. The minimum atomic E-state index is -0.0178. The number of ketones is 1. The Morgan fingerprint density at radius 3 is 2.14 bits per heavy atom. The quantitative estimate of drug-likeness (QED) is 0.442. The van der Waals surface area contributed by atoms with E-state index in [2.05, 4.69) is 51.1 Å². The fourth-order valence-electron chi connectivity index (χ4n) is 3.06. The minimum absolute atomic E-state index is 0. The molecule has 28 heavy (non-hydrogen) atoms. The predicted octanol–water partition coefficient (Wildman–Crippen LogP) is 5.68. The SMILES string of the molecule is C=CC(=O)COCC1CCCCC1.CCOC=O.Cc1cc(C)c(C)c(C)c1.[HH]. The van der Waals surface area contributed by atoms with Crippen LogP contribution < -0.4 is 0 Å². The van der Waals surface area contributed by atoms with E-state index in [-0.39, 0.29) is 13.8 Å². The molecular weight excluding hydrogens is 352 g/mol. The zero-order chi connectivity index (χ0) is 21.4. The average Bonchev–Trinajstić information content (AvgIpc) is 2.68. The lowest BCUT2D eigenvalue weighted by molar-refractivity contribution is -0.128. The van der Waals surface area contributed by atoms with Crippen molar-refractivity contribution in [1.29, 1.82) is 0 Å². The summed E-state index contributed by atoms with van der Waals surface area (Å²) in [6.45, 7) is 15.7. The fraction of sp³-hybridized carbons (Fsp3) is 0.583. The molecule has 2 rings (SSSR count). The second-order valence-electron chi connectivity index (χ2n) is 7.26. The van der Waals surface area contributed by atoms with Crippen molar-refractivity contribution >= 4 is 12.3 Å². The summed E-state index contributed by atoms with van der Waals surface area (Å²) in [5.41, 5.74) is 5.58. The zero-order valence-corrected chi connectivity index (χ0v) is 18.4. The first-order chi connectivity index (χ1) is 13.3. The number of benzene rings is 1. The molecule has 1 saturated carbocycles. The second kappa shape index (κ2) is 16.1. The molecule has 0 unspecified atom stereocenters. The van der Waals surface area contributed by atoms with Crippen molar-refractivity contribution in [3.63, 3.8) is 0 Å². The number of carbonyl (C=O) groups is 2. The van der Waals surface area contributed by atoms with E-state index < -0.39 is 0 Å². The molecule has 0 N–H and O–H groups in total. The number of hydrogen-bond acceptors (Lipinski definition) is 4. The molecule has 0 aliphatic heterocycles. The standard InChI is InChI=1S/C11H18O2.C10H14.C3H6O2.H2/c1-2-11(12)9-13-8-10-6-4-3-5-7-10;1-7-5-8(2)10(4)9(3)6-7;1-2-5-3-4;/h2,10H,1,3-9H2;5-6H,1-4H3;3H,2H2,1H3;1H. The van der Waals surface area contributed by atoms with Crippen LogP contribution in [0.1, 0.15) is 62.7 Å². The lowest BCUT2D eigenvalue weighted by Crippen LogP contribution is -2.16.